The van der Waals surface area contributed by atoms with Crippen LogP contribution in [0.25, 0.3) is 11.5 Å². The molecule has 7 nitrogen and oxygen atoms in total. The van der Waals surface area contributed by atoms with Gasteiger partial charge in [0.15, 0.2) is 5.82 Å². The van der Waals surface area contributed by atoms with E-state index in [1.54, 1.807) is 6.20 Å². The number of H-pyrrole nitrogens is 2. The van der Waals surface area contributed by atoms with Crippen LogP contribution in [0.1, 0.15) is 19.8 Å². The Morgan fingerprint density at radius 3 is 3.11 bits per heavy atom. The number of piperidine rings is 1. The molecule has 1 aliphatic heterocycles. The van der Waals surface area contributed by atoms with Crippen molar-refractivity contribution in [3.8, 4) is 11.5 Å². The summed E-state index contributed by atoms with van der Waals surface area (Å²) in [5.41, 5.74) is 6.88. The average molecular weight is 261 g/mol. The zero-order chi connectivity index (χ0) is 13.3. The van der Waals surface area contributed by atoms with Crippen LogP contribution in [0, 0.1) is 5.41 Å². The maximum Gasteiger partial charge on any atom is 0.245 e. The molecule has 1 fully saturated rings. The molecule has 4 N–H and O–H groups in total. The third-order valence-electron chi connectivity index (χ3n) is 3.79. The Hall–Kier alpha value is -1.89. The van der Waals surface area contributed by atoms with Gasteiger partial charge in [-0.25, -0.2) is 0 Å². The van der Waals surface area contributed by atoms with E-state index in [2.05, 4.69) is 37.2 Å². The number of nitrogens with one attached hydrogen (secondary N) is 2. The Morgan fingerprint density at radius 2 is 2.37 bits per heavy atom. The molecule has 0 radical (unpaired) electrons. The highest BCUT2D eigenvalue weighted by Gasteiger charge is 2.31. The van der Waals surface area contributed by atoms with Crippen molar-refractivity contribution in [2.24, 2.45) is 11.1 Å². The molecule has 19 heavy (non-hydrogen) atoms. The first kappa shape index (κ1) is 12.2. The van der Waals surface area contributed by atoms with Gasteiger partial charge in [0.1, 0.15) is 5.69 Å². The number of hydrogen-bond acceptors (Lipinski definition) is 5. The molecule has 2 aromatic heterocycles. The number of aromatic amines is 2. The highest BCUT2D eigenvalue weighted by atomic mass is 15.4. The summed E-state index contributed by atoms with van der Waals surface area (Å²) in [4.78, 5) is 6.72. The number of nitrogens with zero attached hydrogens (tertiary/aromatic N) is 4. The predicted octanol–water partition coefficient (Wildman–Crippen LogP) is 0.760. The van der Waals surface area contributed by atoms with Gasteiger partial charge in [-0.3, -0.25) is 10.2 Å². The summed E-state index contributed by atoms with van der Waals surface area (Å²) >= 11 is 0. The van der Waals surface area contributed by atoms with Crippen LogP contribution in [0.15, 0.2) is 12.3 Å². The topological polar surface area (TPSA) is 99.5 Å². The highest BCUT2D eigenvalue weighted by molar-refractivity contribution is 5.50. The van der Waals surface area contributed by atoms with E-state index in [1.165, 1.54) is 0 Å². The number of nitrogens with two attached hydrogens (primary N) is 1. The SMILES string of the molecule is CC1(CN)CCCN(c2n[nH]c(-c3ccn[nH]3)n2)C1. The van der Waals surface area contributed by atoms with Crippen molar-refractivity contribution in [2.45, 2.75) is 19.8 Å². The normalized spacial score (nSPS) is 23.8. The Kier molecular flexibility index (Phi) is 2.98. The van der Waals surface area contributed by atoms with Gasteiger partial charge < -0.3 is 10.6 Å². The molecule has 2 aromatic rings. The standard InChI is InChI=1S/C12H19N7/c1-12(7-13)4-2-6-19(8-12)11-15-10(17-18-11)9-3-5-14-16-9/h3,5H,2,4,6-8,13H2,1H3,(H,14,16)(H,15,17,18). The smallest absolute Gasteiger partial charge is 0.245 e. The fourth-order valence-electron chi connectivity index (χ4n) is 2.56. The van der Waals surface area contributed by atoms with E-state index < -0.39 is 0 Å². The number of rotatable bonds is 3. The Morgan fingerprint density at radius 1 is 1.47 bits per heavy atom. The van der Waals surface area contributed by atoms with Gasteiger partial charge in [-0.1, -0.05) is 6.92 Å². The minimum atomic E-state index is 0.160. The van der Waals surface area contributed by atoms with Crippen molar-refractivity contribution < 1.29 is 0 Å². The minimum Gasteiger partial charge on any atom is -0.339 e. The predicted molar refractivity (Wildman–Crippen MR) is 72.6 cm³/mol. The molecular formula is C12H19N7. The summed E-state index contributed by atoms with van der Waals surface area (Å²) < 4.78 is 0. The Balaban J connectivity index is 1.79. The maximum absolute atomic E-state index is 5.87. The summed E-state index contributed by atoms with van der Waals surface area (Å²) in [5.74, 6) is 1.46. The second-order valence-corrected chi connectivity index (χ2v) is 5.49. The molecule has 0 aromatic carbocycles. The maximum atomic E-state index is 5.87. The molecule has 0 saturated carbocycles. The van der Waals surface area contributed by atoms with Gasteiger partial charge in [0, 0.05) is 19.3 Å². The lowest BCUT2D eigenvalue weighted by atomic mass is 9.82. The summed E-state index contributed by atoms with van der Waals surface area (Å²) in [6, 6.07) is 1.87. The van der Waals surface area contributed by atoms with Gasteiger partial charge >= 0.3 is 0 Å². The van der Waals surface area contributed by atoms with E-state index >= 15 is 0 Å². The third-order valence-corrected chi connectivity index (χ3v) is 3.79. The van der Waals surface area contributed by atoms with Crippen LogP contribution in [0.2, 0.25) is 0 Å². The van der Waals surface area contributed by atoms with E-state index in [9.17, 15) is 0 Å². The first-order valence-electron chi connectivity index (χ1n) is 6.57. The first-order valence-corrected chi connectivity index (χ1v) is 6.57. The average Bonchev–Trinajstić information content (AvgIpc) is 3.09. The molecule has 1 saturated heterocycles. The van der Waals surface area contributed by atoms with Crippen LogP contribution in [-0.2, 0) is 0 Å². The number of anilines is 1. The summed E-state index contributed by atoms with van der Waals surface area (Å²) in [6.07, 6.45) is 3.99. The molecule has 0 amide bonds. The zero-order valence-corrected chi connectivity index (χ0v) is 11.1. The summed E-state index contributed by atoms with van der Waals surface area (Å²) in [6.45, 7) is 4.81. The van der Waals surface area contributed by atoms with Crippen molar-refractivity contribution in [1.82, 2.24) is 25.4 Å². The molecule has 1 atom stereocenters. The molecule has 0 bridgehead atoms. The van der Waals surface area contributed by atoms with Gasteiger partial charge in [-0.2, -0.15) is 10.1 Å². The fourth-order valence-corrected chi connectivity index (χ4v) is 2.56. The monoisotopic (exact) mass is 261 g/mol. The van der Waals surface area contributed by atoms with Crippen LogP contribution < -0.4 is 10.6 Å². The van der Waals surface area contributed by atoms with E-state index in [-0.39, 0.29) is 5.41 Å². The van der Waals surface area contributed by atoms with Crippen LogP contribution in [0.5, 0.6) is 0 Å². The van der Waals surface area contributed by atoms with Crippen LogP contribution >= 0.6 is 0 Å². The van der Waals surface area contributed by atoms with E-state index in [4.69, 9.17) is 5.73 Å². The van der Waals surface area contributed by atoms with Crippen LogP contribution in [-0.4, -0.2) is 45.0 Å². The molecule has 3 heterocycles. The quantitative estimate of drug-likeness (QED) is 0.757. The second-order valence-electron chi connectivity index (χ2n) is 5.49. The van der Waals surface area contributed by atoms with E-state index in [0.29, 0.717) is 12.4 Å². The molecular weight excluding hydrogens is 242 g/mol. The van der Waals surface area contributed by atoms with Crippen molar-refractivity contribution >= 4 is 5.95 Å². The Bertz CT molecular complexity index is 532. The minimum absolute atomic E-state index is 0.160. The van der Waals surface area contributed by atoms with E-state index in [0.717, 1.165) is 37.6 Å². The molecule has 102 valence electrons. The molecule has 1 unspecified atom stereocenters. The first-order chi connectivity index (χ1) is 9.20. The van der Waals surface area contributed by atoms with Crippen molar-refractivity contribution in [3.05, 3.63) is 12.3 Å². The lowest BCUT2D eigenvalue weighted by Gasteiger charge is -2.39. The lowest BCUT2D eigenvalue weighted by molar-refractivity contribution is 0.270. The zero-order valence-electron chi connectivity index (χ0n) is 11.1. The molecule has 0 aliphatic carbocycles. The van der Waals surface area contributed by atoms with Gasteiger partial charge in [-0.15, -0.1) is 5.10 Å². The van der Waals surface area contributed by atoms with Gasteiger partial charge in [0.25, 0.3) is 0 Å². The van der Waals surface area contributed by atoms with Crippen LogP contribution in [0.3, 0.4) is 0 Å². The van der Waals surface area contributed by atoms with Gasteiger partial charge in [0.05, 0.1) is 0 Å². The third kappa shape index (κ3) is 2.33. The highest BCUT2D eigenvalue weighted by Crippen LogP contribution is 2.30. The van der Waals surface area contributed by atoms with Crippen molar-refractivity contribution in [2.75, 3.05) is 24.5 Å². The summed E-state index contributed by atoms with van der Waals surface area (Å²) in [5, 5.41) is 14.0. The van der Waals surface area contributed by atoms with Crippen molar-refractivity contribution in [1.29, 1.82) is 0 Å². The Labute approximate surface area is 111 Å². The van der Waals surface area contributed by atoms with Gasteiger partial charge in [0.2, 0.25) is 5.95 Å². The lowest BCUT2D eigenvalue weighted by Crippen LogP contribution is -2.46. The molecule has 3 rings (SSSR count). The molecule has 7 heteroatoms. The fraction of sp³-hybridized carbons (Fsp3) is 0.583. The van der Waals surface area contributed by atoms with Crippen molar-refractivity contribution in [3.63, 3.8) is 0 Å². The molecule has 0 spiro atoms. The second kappa shape index (κ2) is 4.65. The number of hydrogen-bond donors (Lipinski definition) is 3. The van der Waals surface area contributed by atoms with Gasteiger partial charge in [-0.05, 0) is 30.9 Å². The largest absolute Gasteiger partial charge is 0.339 e. The van der Waals surface area contributed by atoms with Crippen LogP contribution in [0.4, 0.5) is 5.95 Å². The summed E-state index contributed by atoms with van der Waals surface area (Å²) in [7, 11) is 0. The molecule has 1 aliphatic rings. The number of aromatic nitrogens is 5. The van der Waals surface area contributed by atoms with E-state index in [1.807, 2.05) is 6.07 Å².